The summed E-state index contributed by atoms with van der Waals surface area (Å²) in [6.07, 6.45) is 2.50. The summed E-state index contributed by atoms with van der Waals surface area (Å²) in [5.74, 6) is -0.0105. The van der Waals surface area contributed by atoms with Gasteiger partial charge in [-0.2, -0.15) is 0 Å². The Morgan fingerprint density at radius 1 is 1.25 bits per heavy atom. The van der Waals surface area contributed by atoms with Crippen molar-refractivity contribution in [1.82, 2.24) is 5.32 Å². The summed E-state index contributed by atoms with van der Waals surface area (Å²) in [7, 11) is 0. The molecular weight excluding hydrogens is 306 g/mol. The molecule has 0 bridgehead atoms. The van der Waals surface area contributed by atoms with E-state index in [1.54, 1.807) is 6.26 Å². The third-order valence-corrected chi connectivity index (χ3v) is 4.48. The molecule has 1 aromatic heterocycles. The Hall–Kier alpha value is -2.82. The maximum absolute atomic E-state index is 12.2. The van der Waals surface area contributed by atoms with Gasteiger partial charge in [0.25, 0.3) is 0 Å². The van der Waals surface area contributed by atoms with Crippen LogP contribution in [0.15, 0.2) is 41.0 Å². The Labute approximate surface area is 138 Å². The van der Waals surface area contributed by atoms with Crippen molar-refractivity contribution in [3.8, 4) is 5.75 Å². The van der Waals surface area contributed by atoms with Crippen molar-refractivity contribution in [3.63, 3.8) is 0 Å². The zero-order valence-corrected chi connectivity index (χ0v) is 13.3. The number of hydrogen-bond acceptors (Lipinski definition) is 4. The number of benzene rings is 2. The van der Waals surface area contributed by atoms with Crippen LogP contribution in [0.1, 0.15) is 31.2 Å². The first-order chi connectivity index (χ1) is 11.7. The molecule has 122 valence electrons. The van der Waals surface area contributed by atoms with Gasteiger partial charge in [0.15, 0.2) is 0 Å². The van der Waals surface area contributed by atoms with Gasteiger partial charge in [0.2, 0.25) is 11.8 Å². The molecule has 1 aliphatic heterocycles. The number of furan rings is 1. The van der Waals surface area contributed by atoms with Crippen molar-refractivity contribution < 1.29 is 18.7 Å². The molecule has 0 spiro atoms. The first-order valence-electron chi connectivity index (χ1n) is 8.07. The average molecular weight is 323 g/mol. The Bertz CT molecular complexity index is 957. The van der Waals surface area contributed by atoms with E-state index in [0.717, 1.165) is 33.1 Å². The van der Waals surface area contributed by atoms with Crippen molar-refractivity contribution in [2.45, 2.75) is 25.7 Å². The summed E-state index contributed by atoms with van der Waals surface area (Å²) < 4.78 is 11.2. The standard InChI is InChI=1S/C19H17NO4/c1-2-23-12-4-5-13-11(9-12)3-7-16-18(13)15(10-24-16)14-6-8-17(21)20-19(14)22/h3-5,7,9-10,14H,2,6,8H2,1H3,(H,20,21,22). The number of amides is 2. The van der Waals surface area contributed by atoms with Gasteiger partial charge < -0.3 is 9.15 Å². The number of ether oxygens (including phenoxy) is 1. The van der Waals surface area contributed by atoms with E-state index in [0.29, 0.717) is 19.4 Å². The number of fused-ring (bicyclic) bond motifs is 3. The van der Waals surface area contributed by atoms with Crippen molar-refractivity contribution in [3.05, 3.63) is 42.2 Å². The van der Waals surface area contributed by atoms with Crippen LogP contribution in [-0.4, -0.2) is 18.4 Å². The Morgan fingerprint density at radius 3 is 2.92 bits per heavy atom. The van der Waals surface area contributed by atoms with E-state index >= 15 is 0 Å². The fourth-order valence-electron chi connectivity index (χ4n) is 3.37. The molecular formula is C19H17NO4. The van der Waals surface area contributed by atoms with Gasteiger partial charge in [-0.15, -0.1) is 0 Å². The third-order valence-electron chi connectivity index (χ3n) is 4.48. The van der Waals surface area contributed by atoms with Gasteiger partial charge in [0.05, 0.1) is 18.8 Å². The van der Waals surface area contributed by atoms with Crippen molar-refractivity contribution in [2.75, 3.05) is 6.61 Å². The molecule has 2 amide bonds. The highest BCUT2D eigenvalue weighted by atomic mass is 16.5. The van der Waals surface area contributed by atoms with Gasteiger partial charge in [-0.25, -0.2) is 0 Å². The number of nitrogens with one attached hydrogen (secondary N) is 1. The third kappa shape index (κ3) is 2.33. The second-order valence-electron chi connectivity index (χ2n) is 5.95. The maximum atomic E-state index is 12.2. The summed E-state index contributed by atoms with van der Waals surface area (Å²) in [5.41, 5.74) is 1.58. The minimum absolute atomic E-state index is 0.213. The van der Waals surface area contributed by atoms with E-state index < -0.39 is 0 Å². The number of imide groups is 1. The Balaban J connectivity index is 1.87. The first-order valence-corrected chi connectivity index (χ1v) is 8.07. The van der Waals surface area contributed by atoms with Crippen LogP contribution >= 0.6 is 0 Å². The minimum atomic E-state index is -0.360. The molecule has 1 unspecified atom stereocenters. The number of hydrogen-bond donors (Lipinski definition) is 1. The van der Waals surface area contributed by atoms with Crippen molar-refractivity contribution in [1.29, 1.82) is 0 Å². The molecule has 1 fully saturated rings. The molecule has 24 heavy (non-hydrogen) atoms. The zero-order chi connectivity index (χ0) is 16.7. The lowest BCUT2D eigenvalue weighted by Gasteiger charge is -2.20. The normalized spacial score (nSPS) is 18.1. The first kappa shape index (κ1) is 14.8. The zero-order valence-electron chi connectivity index (χ0n) is 13.3. The molecule has 0 saturated carbocycles. The quantitative estimate of drug-likeness (QED) is 0.749. The predicted octanol–water partition coefficient (Wildman–Crippen LogP) is 3.50. The second-order valence-corrected chi connectivity index (χ2v) is 5.95. The summed E-state index contributed by atoms with van der Waals surface area (Å²) in [4.78, 5) is 23.6. The lowest BCUT2D eigenvalue weighted by atomic mass is 9.89. The highest BCUT2D eigenvalue weighted by Gasteiger charge is 2.30. The fraction of sp³-hybridized carbons (Fsp3) is 0.263. The predicted molar refractivity (Wildman–Crippen MR) is 90.0 cm³/mol. The molecule has 1 saturated heterocycles. The molecule has 2 aromatic carbocycles. The Kier molecular flexibility index (Phi) is 3.49. The van der Waals surface area contributed by atoms with E-state index in [1.165, 1.54) is 0 Å². The van der Waals surface area contributed by atoms with Crippen LogP contribution in [0.5, 0.6) is 5.75 Å². The van der Waals surface area contributed by atoms with Crippen molar-refractivity contribution >= 4 is 33.6 Å². The number of carbonyl (C=O) groups is 2. The van der Waals surface area contributed by atoms with E-state index in [9.17, 15) is 9.59 Å². The highest BCUT2D eigenvalue weighted by Crippen LogP contribution is 2.37. The van der Waals surface area contributed by atoms with Crippen LogP contribution in [0.4, 0.5) is 0 Å². The largest absolute Gasteiger partial charge is 0.494 e. The molecule has 3 aromatic rings. The number of rotatable bonds is 3. The van der Waals surface area contributed by atoms with E-state index in [-0.39, 0.29) is 17.7 Å². The molecule has 1 N–H and O–H groups in total. The molecule has 2 heterocycles. The van der Waals surface area contributed by atoms with Crippen molar-refractivity contribution in [2.24, 2.45) is 0 Å². The minimum Gasteiger partial charge on any atom is -0.494 e. The SMILES string of the molecule is CCOc1ccc2c(ccc3occ(C4CCC(=O)NC4=O)c32)c1. The molecule has 4 rings (SSSR count). The molecule has 1 atom stereocenters. The van der Waals surface area contributed by atoms with E-state index in [2.05, 4.69) is 5.32 Å². The second kappa shape index (κ2) is 5.67. The summed E-state index contributed by atoms with van der Waals surface area (Å²) in [5, 5.41) is 5.40. The van der Waals surface area contributed by atoms with Crippen LogP contribution < -0.4 is 10.1 Å². The number of piperidine rings is 1. The van der Waals surface area contributed by atoms with Gasteiger partial charge in [-0.3, -0.25) is 14.9 Å². The van der Waals surface area contributed by atoms with Gasteiger partial charge in [0, 0.05) is 17.4 Å². The van der Waals surface area contributed by atoms with Crippen LogP contribution in [0.2, 0.25) is 0 Å². The van der Waals surface area contributed by atoms with Gasteiger partial charge in [0.1, 0.15) is 11.3 Å². The number of carbonyl (C=O) groups excluding carboxylic acids is 2. The molecule has 0 aliphatic carbocycles. The van der Waals surface area contributed by atoms with Crippen LogP contribution in [0, 0.1) is 0 Å². The van der Waals surface area contributed by atoms with Gasteiger partial charge in [-0.1, -0.05) is 6.07 Å². The summed E-state index contributed by atoms with van der Waals surface area (Å²) in [6, 6.07) is 9.79. The van der Waals surface area contributed by atoms with E-state index in [4.69, 9.17) is 9.15 Å². The smallest absolute Gasteiger partial charge is 0.234 e. The monoisotopic (exact) mass is 323 g/mol. The molecule has 1 aliphatic rings. The molecule has 0 radical (unpaired) electrons. The topological polar surface area (TPSA) is 68.5 Å². The van der Waals surface area contributed by atoms with Gasteiger partial charge >= 0.3 is 0 Å². The maximum Gasteiger partial charge on any atom is 0.234 e. The summed E-state index contributed by atoms with van der Waals surface area (Å²) in [6.45, 7) is 2.56. The lowest BCUT2D eigenvalue weighted by molar-refractivity contribution is -0.134. The average Bonchev–Trinajstić information content (AvgIpc) is 2.99. The molecule has 5 nitrogen and oxygen atoms in total. The highest BCUT2D eigenvalue weighted by molar-refractivity contribution is 6.10. The molecule has 5 heteroatoms. The Morgan fingerprint density at radius 2 is 2.12 bits per heavy atom. The van der Waals surface area contributed by atoms with Crippen LogP contribution in [-0.2, 0) is 9.59 Å². The van der Waals surface area contributed by atoms with Gasteiger partial charge in [-0.05, 0) is 48.4 Å². The van der Waals surface area contributed by atoms with Crippen LogP contribution in [0.3, 0.4) is 0 Å². The fourth-order valence-corrected chi connectivity index (χ4v) is 3.37. The van der Waals surface area contributed by atoms with E-state index in [1.807, 2.05) is 37.3 Å². The van der Waals surface area contributed by atoms with Crippen LogP contribution in [0.25, 0.3) is 21.7 Å². The lowest BCUT2D eigenvalue weighted by Crippen LogP contribution is -2.39. The summed E-state index contributed by atoms with van der Waals surface area (Å²) >= 11 is 0.